The predicted molar refractivity (Wildman–Crippen MR) is 73.2 cm³/mol. The topological polar surface area (TPSA) is 50.9 Å². The molecule has 1 saturated heterocycles. The molecule has 5 heteroatoms. The number of guanidine groups is 1. The summed E-state index contributed by atoms with van der Waals surface area (Å²) < 4.78 is 5.76. The first-order valence-corrected chi connectivity index (χ1v) is 6.60. The molecular weight excluding hydrogens is 250 g/mol. The molecule has 2 atom stereocenters. The predicted octanol–water partition coefficient (Wildman–Crippen LogP) is 2.02. The van der Waals surface area contributed by atoms with Crippen molar-refractivity contribution in [3.8, 4) is 0 Å². The third-order valence-electron chi connectivity index (χ3n) is 3.52. The lowest BCUT2D eigenvalue weighted by molar-refractivity contribution is 0.0947. The Bertz CT molecular complexity index is 471. The standard InChI is InChI=1S/C13H16ClN3O/c14-9-4-1-2-5-10(9)17-11(8-16-13(17)15)12-6-3-7-18-12/h1-2,4-5,11-12H,3,6-8H2,(H2,15,16). The molecule has 96 valence electrons. The normalized spacial score (nSPS) is 27.6. The van der Waals surface area contributed by atoms with Crippen molar-refractivity contribution in [1.82, 2.24) is 0 Å². The van der Waals surface area contributed by atoms with Crippen LogP contribution in [0.4, 0.5) is 5.69 Å². The van der Waals surface area contributed by atoms with Crippen LogP contribution in [-0.2, 0) is 4.74 Å². The number of nitrogens with two attached hydrogens (primary N) is 1. The number of benzene rings is 1. The van der Waals surface area contributed by atoms with Gasteiger partial charge >= 0.3 is 0 Å². The minimum atomic E-state index is 0.174. The highest BCUT2D eigenvalue weighted by Crippen LogP contribution is 2.32. The molecule has 0 aromatic heterocycles. The first-order valence-electron chi connectivity index (χ1n) is 6.22. The van der Waals surface area contributed by atoms with Crippen LogP contribution in [0.1, 0.15) is 12.8 Å². The molecule has 1 fully saturated rings. The Morgan fingerprint density at radius 3 is 2.94 bits per heavy atom. The number of ether oxygens (including phenoxy) is 1. The number of halogens is 1. The van der Waals surface area contributed by atoms with Gasteiger partial charge in [0.15, 0.2) is 5.96 Å². The summed E-state index contributed by atoms with van der Waals surface area (Å²) in [6.45, 7) is 1.51. The van der Waals surface area contributed by atoms with Gasteiger partial charge in [-0.05, 0) is 25.0 Å². The van der Waals surface area contributed by atoms with Crippen molar-refractivity contribution >= 4 is 23.2 Å². The van der Waals surface area contributed by atoms with Crippen molar-refractivity contribution in [2.24, 2.45) is 10.7 Å². The van der Waals surface area contributed by atoms with Crippen LogP contribution in [-0.4, -0.2) is 31.3 Å². The maximum absolute atomic E-state index is 6.25. The molecule has 0 amide bonds. The van der Waals surface area contributed by atoms with Gasteiger partial charge < -0.3 is 15.4 Å². The van der Waals surface area contributed by atoms with E-state index in [9.17, 15) is 0 Å². The van der Waals surface area contributed by atoms with Crippen molar-refractivity contribution < 1.29 is 4.74 Å². The van der Waals surface area contributed by atoms with Crippen LogP contribution in [0.25, 0.3) is 0 Å². The van der Waals surface area contributed by atoms with E-state index in [0.717, 1.165) is 25.1 Å². The third-order valence-corrected chi connectivity index (χ3v) is 3.84. The summed E-state index contributed by atoms with van der Waals surface area (Å²) in [5.41, 5.74) is 6.91. The molecule has 0 saturated carbocycles. The molecule has 4 nitrogen and oxygen atoms in total. The van der Waals surface area contributed by atoms with Crippen LogP contribution in [0, 0.1) is 0 Å². The molecular formula is C13H16ClN3O. The molecule has 18 heavy (non-hydrogen) atoms. The average molecular weight is 266 g/mol. The highest BCUT2D eigenvalue weighted by atomic mass is 35.5. The molecule has 0 radical (unpaired) electrons. The Balaban J connectivity index is 1.92. The van der Waals surface area contributed by atoms with Gasteiger partial charge in [-0.15, -0.1) is 0 Å². The zero-order valence-electron chi connectivity index (χ0n) is 10.1. The highest BCUT2D eigenvalue weighted by Gasteiger charge is 2.36. The van der Waals surface area contributed by atoms with Gasteiger partial charge in [-0.25, -0.2) is 0 Å². The monoisotopic (exact) mass is 265 g/mol. The quantitative estimate of drug-likeness (QED) is 0.890. The highest BCUT2D eigenvalue weighted by molar-refractivity contribution is 6.33. The number of para-hydroxylation sites is 1. The second-order valence-corrected chi connectivity index (χ2v) is 5.05. The molecule has 2 heterocycles. The SMILES string of the molecule is NC1=NCC(C2CCCO2)N1c1ccccc1Cl. The van der Waals surface area contributed by atoms with E-state index in [-0.39, 0.29) is 12.1 Å². The van der Waals surface area contributed by atoms with E-state index in [0.29, 0.717) is 17.5 Å². The summed E-state index contributed by atoms with van der Waals surface area (Å²) in [6.07, 6.45) is 2.37. The molecule has 2 aliphatic heterocycles. The second kappa shape index (κ2) is 4.78. The van der Waals surface area contributed by atoms with E-state index in [4.69, 9.17) is 22.1 Å². The van der Waals surface area contributed by atoms with Gasteiger partial charge in [-0.2, -0.15) is 0 Å². The van der Waals surface area contributed by atoms with Crippen LogP contribution in [0.15, 0.2) is 29.3 Å². The Hall–Kier alpha value is -1.26. The summed E-state index contributed by atoms with van der Waals surface area (Å²) >= 11 is 6.25. The van der Waals surface area contributed by atoms with Gasteiger partial charge in [-0.3, -0.25) is 4.99 Å². The summed E-state index contributed by atoms with van der Waals surface area (Å²) in [6, 6.07) is 7.88. The number of hydrogen-bond donors (Lipinski definition) is 1. The van der Waals surface area contributed by atoms with E-state index >= 15 is 0 Å². The Labute approximate surface area is 111 Å². The molecule has 3 rings (SSSR count). The van der Waals surface area contributed by atoms with Crippen molar-refractivity contribution in [2.45, 2.75) is 25.0 Å². The Kier molecular flexibility index (Phi) is 3.14. The largest absolute Gasteiger partial charge is 0.376 e. The fourth-order valence-corrected chi connectivity index (χ4v) is 2.88. The van der Waals surface area contributed by atoms with Gasteiger partial charge in [-0.1, -0.05) is 23.7 Å². The van der Waals surface area contributed by atoms with E-state index in [1.807, 2.05) is 29.2 Å². The van der Waals surface area contributed by atoms with Gasteiger partial charge in [0, 0.05) is 6.61 Å². The molecule has 2 N–H and O–H groups in total. The van der Waals surface area contributed by atoms with E-state index in [1.165, 1.54) is 0 Å². The van der Waals surface area contributed by atoms with Crippen molar-refractivity contribution in [2.75, 3.05) is 18.1 Å². The Morgan fingerprint density at radius 1 is 1.39 bits per heavy atom. The van der Waals surface area contributed by atoms with Gasteiger partial charge in [0.1, 0.15) is 0 Å². The summed E-state index contributed by atoms with van der Waals surface area (Å²) in [7, 11) is 0. The molecule has 2 unspecified atom stereocenters. The first-order chi connectivity index (χ1) is 8.77. The van der Waals surface area contributed by atoms with E-state index in [2.05, 4.69) is 4.99 Å². The molecule has 1 aromatic rings. The van der Waals surface area contributed by atoms with Crippen molar-refractivity contribution in [3.63, 3.8) is 0 Å². The summed E-state index contributed by atoms with van der Waals surface area (Å²) in [5.74, 6) is 0.531. The Morgan fingerprint density at radius 2 is 2.22 bits per heavy atom. The van der Waals surface area contributed by atoms with Crippen molar-refractivity contribution in [3.05, 3.63) is 29.3 Å². The lowest BCUT2D eigenvalue weighted by atomic mass is 10.1. The number of rotatable bonds is 2. The molecule has 2 aliphatic rings. The van der Waals surface area contributed by atoms with Gasteiger partial charge in [0.05, 0.1) is 29.4 Å². The minimum absolute atomic E-state index is 0.174. The first kappa shape index (κ1) is 11.8. The maximum Gasteiger partial charge on any atom is 0.196 e. The number of nitrogens with zero attached hydrogens (tertiary/aromatic N) is 2. The van der Waals surface area contributed by atoms with Crippen LogP contribution >= 0.6 is 11.6 Å². The van der Waals surface area contributed by atoms with Gasteiger partial charge in [0.2, 0.25) is 0 Å². The number of aliphatic imine (C=N–C) groups is 1. The van der Waals surface area contributed by atoms with Crippen LogP contribution in [0.5, 0.6) is 0 Å². The molecule has 1 aromatic carbocycles. The van der Waals surface area contributed by atoms with Crippen LogP contribution in [0.2, 0.25) is 5.02 Å². The zero-order chi connectivity index (χ0) is 12.5. The lowest BCUT2D eigenvalue weighted by Crippen LogP contribution is -2.47. The number of hydrogen-bond acceptors (Lipinski definition) is 4. The average Bonchev–Trinajstić information content (AvgIpc) is 2.99. The number of anilines is 1. The van der Waals surface area contributed by atoms with Gasteiger partial charge in [0.25, 0.3) is 0 Å². The molecule has 0 bridgehead atoms. The smallest absolute Gasteiger partial charge is 0.196 e. The zero-order valence-corrected chi connectivity index (χ0v) is 10.8. The van der Waals surface area contributed by atoms with E-state index in [1.54, 1.807) is 0 Å². The lowest BCUT2D eigenvalue weighted by Gasteiger charge is -2.30. The maximum atomic E-state index is 6.25. The molecule has 0 aliphatic carbocycles. The van der Waals surface area contributed by atoms with Crippen molar-refractivity contribution in [1.29, 1.82) is 0 Å². The summed E-state index contributed by atoms with van der Waals surface area (Å²) in [4.78, 5) is 6.36. The fourth-order valence-electron chi connectivity index (χ4n) is 2.65. The summed E-state index contributed by atoms with van der Waals surface area (Å²) in [5, 5.41) is 0.695. The molecule has 0 spiro atoms. The van der Waals surface area contributed by atoms with E-state index < -0.39 is 0 Å². The van der Waals surface area contributed by atoms with Crippen LogP contribution in [0.3, 0.4) is 0 Å². The fraction of sp³-hybridized carbons (Fsp3) is 0.462. The van der Waals surface area contributed by atoms with Crippen LogP contribution < -0.4 is 10.6 Å². The minimum Gasteiger partial charge on any atom is -0.376 e. The second-order valence-electron chi connectivity index (χ2n) is 4.64. The third kappa shape index (κ3) is 1.95.